The lowest BCUT2D eigenvalue weighted by Crippen LogP contribution is -2.22. The van der Waals surface area contributed by atoms with Crippen molar-refractivity contribution in [3.8, 4) is 6.07 Å². The van der Waals surface area contributed by atoms with E-state index in [9.17, 15) is 13.2 Å². The van der Waals surface area contributed by atoms with Gasteiger partial charge in [0, 0.05) is 0 Å². The molecule has 1 rings (SSSR count). The SMILES string of the molecule is N#CC1(C(F)(F)F)CC1. The fourth-order valence-corrected chi connectivity index (χ4v) is 0.584. The second-order valence-electron chi connectivity index (χ2n) is 2.19. The molecule has 1 aliphatic rings. The Kier molecular flexibility index (Phi) is 1.00. The number of hydrogen-bond donors (Lipinski definition) is 0. The van der Waals surface area contributed by atoms with Crippen LogP contribution in [0.4, 0.5) is 13.2 Å². The van der Waals surface area contributed by atoms with Crippen molar-refractivity contribution >= 4 is 0 Å². The second-order valence-corrected chi connectivity index (χ2v) is 2.19. The van der Waals surface area contributed by atoms with Crippen LogP contribution < -0.4 is 0 Å². The van der Waals surface area contributed by atoms with Gasteiger partial charge in [0.05, 0.1) is 6.07 Å². The quantitative estimate of drug-likeness (QED) is 0.497. The van der Waals surface area contributed by atoms with Gasteiger partial charge in [-0.25, -0.2) is 0 Å². The second kappa shape index (κ2) is 1.41. The van der Waals surface area contributed by atoms with Crippen LogP contribution in [0.5, 0.6) is 0 Å². The number of hydrogen-bond acceptors (Lipinski definition) is 1. The minimum absolute atomic E-state index is 0.0208. The zero-order valence-corrected chi connectivity index (χ0v) is 4.50. The maximum absolute atomic E-state index is 11.7. The third kappa shape index (κ3) is 0.766. The molecule has 1 saturated carbocycles. The van der Waals surface area contributed by atoms with Gasteiger partial charge in [0.15, 0.2) is 5.41 Å². The molecule has 0 aliphatic heterocycles. The molecule has 0 saturated heterocycles. The van der Waals surface area contributed by atoms with E-state index in [1.165, 1.54) is 6.07 Å². The van der Waals surface area contributed by atoms with Gasteiger partial charge in [0.2, 0.25) is 0 Å². The van der Waals surface area contributed by atoms with Crippen LogP contribution in [0.15, 0.2) is 0 Å². The van der Waals surface area contributed by atoms with Crippen molar-refractivity contribution in [3.05, 3.63) is 0 Å². The molecule has 0 heterocycles. The third-order valence-electron chi connectivity index (χ3n) is 1.51. The van der Waals surface area contributed by atoms with E-state index in [1.807, 2.05) is 0 Å². The van der Waals surface area contributed by atoms with E-state index in [2.05, 4.69) is 0 Å². The first-order valence-corrected chi connectivity index (χ1v) is 2.50. The molecule has 0 atom stereocenters. The molecule has 0 amide bonds. The molecule has 9 heavy (non-hydrogen) atoms. The standard InChI is InChI=1S/C5H4F3N/c6-5(7,8)4(3-9)1-2-4/h1-2H2. The van der Waals surface area contributed by atoms with E-state index >= 15 is 0 Å². The summed E-state index contributed by atoms with van der Waals surface area (Å²) in [7, 11) is 0. The van der Waals surface area contributed by atoms with E-state index in [-0.39, 0.29) is 12.8 Å². The third-order valence-corrected chi connectivity index (χ3v) is 1.51. The van der Waals surface area contributed by atoms with Crippen molar-refractivity contribution in [2.45, 2.75) is 19.0 Å². The molecule has 1 aliphatic carbocycles. The summed E-state index contributed by atoms with van der Waals surface area (Å²) < 4.78 is 35.0. The molecule has 4 heteroatoms. The largest absolute Gasteiger partial charge is 0.407 e. The lowest BCUT2D eigenvalue weighted by Gasteiger charge is -2.08. The van der Waals surface area contributed by atoms with Gasteiger partial charge in [0.25, 0.3) is 0 Å². The number of alkyl halides is 3. The van der Waals surface area contributed by atoms with Crippen LogP contribution in [0.25, 0.3) is 0 Å². The average Bonchev–Trinajstić information content (AvgIpc) is 2.40. The number of nitriles is 1. The number of rotatable bonds is 0. The summed E-state index contributed by atoms with van der Waals surface area (Å²) >= 11 is 0. The fourth-order valence-electron chi connectivity index (χ4n) is 0.584. The first kappa shape index (κ1) is 6.40. The van der Waals surface area contributed by atoms with E-state index in [0.717, 1.165) is 0 Å². The van der Waals surface area contributed by atoms with Crippen LogP contribution >= 0.6 is 0 Å². The predicted octanol–water partition coefficient (Wildman–Crippen LogP) is 1.85. The van der Waals surface area contributed by atoms with Crippen molar-refractivity contribution in [1.29, 1.82) is 5.26 Å². The fraction of sp³-hybridized carbons (Fsp3) is 0.800. The molecular weight excluding hydrogens is 131 g/mol. The van der Waals surface area contributed by atoms with E-state index in [4.69, 9.17) is 5.26 Å². The summed E-state index contributed by atoms with van der Waals surface area (Å²) in [5.41, 5.74) is -1.97. The van der Waals surface area contributed by atoms with Gasteiger partial charge >= 0.3 is 6.18 Å². The first-order chi connectivity index (χ1) is 4.02. The maximum atomic E-state index is 11.7. The summed E-state index contributed by atoms with van der Waals surface area (Å²) in [6.45, 7) is 0. The zero-order valence-electron chi connectivity index (χ0n) is 4.50. The Bertz CT molecular complexity index is 160. The molecule has 0 spiro atoms. The highest BCUT2D eigenvalue weighted by Gasteiger charge is 2.64. The average molecular weight is 135 g/mol. The molecular formula is C5H4F3N. The molecule has 0 N–H and O–H groups in total. The molecule has 0 aromatic heterocycles. The molecule has 0 bridgehead atoms. The van der Waals surface area contributed by atoms with Gasteiger partial charge in [-0.15, -0.1) is 0 Å². The summed E-state index contributed by atoms with van der Waals surface area (Å²) in [6.07, 6.45) is -4.35. The van der Waals surface area contributed by atoms with Crippen LogP contribution in [0.1, 0.15) is 12.8 Å². The lowest BCUT2D eigenvalue weighted by atomic mass is 10.1. The van der Waals surface area contributed by atoms with Crippen LogP contribution in [-0.4, -0.2) is 6.18 Å². The Hall–Kier alpha value is -0.720. The Morgan fingerprint density at radius 1 is 1.33 bits per heavy atom. The highest BCUT2D eigenvalue weighted by Crippen LogP contribution is 2.56. The summed E-state index contributed by atoms with van der Waals surface area (Å²) in [5.74, 6) is 0. The van der Waals surface area contributed by atoms with Gasteiger partial charge in [-0.05, 0) is 12.8 Å². The highest BCUT2D eigenvalue weighted by molar-refractivity contribution is 5.14. The van der Waals surface area contributed by atoms with E-state index < -0.39 is 11.6 Å². The van der Waals surface area contributed by atoms with Crippen LogP contribution in [-0.2, 0) is 0 Å². The van der Waals surface area contributed by atoms with E-state index in [1.54, 1.807) is 0 Å². The highest BCUT2D eigenvalue weighted by atomic mass is 19.4. The van der Waals surface area contributed by atoms with Crippen molar-refractivity contribution < 1.29 is 13.2 Å². The Morgan fingerprint density at radius 2 is 1.78 bits per heavy atom. The lowest BCUT2D eigenvalue weighted by molar-refractivity contribution is -0.169. The molecule has 0 aromatic carbocycles. The smallest absolute Gasteiger partial charge is 0.197 e. The monoisotopic (exact) mass is 135 g/mol. The van der Waals surface area contributed by atoms with Crippen molar-refractivity contribution in [2.75, 3.05) is 0 Å². The predicted molar refractivity (Wildman–Crippen MR) is 23.3 cm³/mol. The van der Waals surface area contributed by atoms with Gasteiger partial charge in [-0.2, -0.15) is 18.4 Å². The van der Waals surface area contributed by atoms with Crippen LogP contribution in [0.3, 0.4) is 0 Å². The molecule has 0 radical (unpaired) electrons. The van der Waals surface area contributed by atoms with Gasteiger partial charge in [-0.1, -0.05) is 0 Å². The topological polar surface area (TPSA) is 23.8 Å². The normalized spacial score (nSPS) is 22.9. The number of nitrogens with zero attached hydrogens (tertiary/aromatic N) is 1. The Morgan fingerprint density at radius 3 is 1.78 bits per heavy atom. The molecule has 0 unspecified atom stereocenters. The first-order valence-electron chi connectivity index (χ1n) is 2.50. The van der Waals surface area contributed by atoms with E-state index in [0.29, 0.717) is 0 Å². The maximum Gasteiger partial charge on any atom is 0.407 e. The molecule has 1 fully saturated rings. The number of halogens is 3. The van der Waals surface area contributed by atoms with Crippen molar-refractivity contribution in [3.63, 3.8) is 0 Å². The molecule has 50 valence electrons. The minimum Gasteiger partial charge on any atom is -0.197 e. The van der Waals surface area contributed by atoms with Gasteiger partial charge in [0.1, 0.15) is 0 Å². The van der Waals surface area contributed by atoms with Gasteiger partial charge < -0.3 is 0 Å². The molecule has 1 nitrogen and oxygen atoms in total. The van der Waals surface area contributed by atoms with Crippen LogP contribution in [0, 0.1) is 16.7 Å². The Labute approximate surface area is 50.1 Å². The molecule has 0 aromatic rings. The Balaban J connectivity index is 2.75. The zero-order chi connectivity index (χ0) is 7.12. The minimum atomic E-state index is -4.30. The summed E-state index contributed by atoms with van der Waals surface area (Å²) in [6, 6.07) is 1.27. The van der Waals surface area contributed by atoms with Crippen molar-refractivity contribution in [2.24, 2.45) is 5.41 Å². The van der Waals surface area contributed by atoms with Gasteiger partial charge in [-0.3, -0.25) is 0 Å². The summed E-state index contributed by atoms with van der Waals surface area (Å²) in [5, 5.41) is 8.02. The van der Waals surface area contributed by atoms with Crippen molar-refractivity contribution in [1.82, 2.24) is 0 Å². The summed E-state index contributed by atoms with van der Waals surface area (Å²) in [4.78, 5) is 0. The van der Waals surface area contributed by atoms with Crippen LogP contribution in [0.2, 0.25) is 0 Å².